The van der Waals surface area contributed by atoms with E-state index in [9.17, 15) is 4.79 Å². The number of aromatic nitrogens is 3. The molecule has 0 spiro atoms. The van der Waals surface area contributed by atoms with Gasteiger partial charge in [0.25, 0.3) is 0 Å². The molecule has 0 saturated heterocycles. The van der Waals surface area contributed by atoms with Crippen LogP contribution in [0.5, 0.6) is 0 Å². The van der Waals surface area contributed by atoms with Gasteiger partial charge in [0.1, 0.15) is 12.7 Å². The number of nitrogens with zero attached hydrogens (tertiary/aromatic N) is 3. The zero-order valence-electron chi connectivity index (χ0n) is 10.4. The third kappa shape index (κ3) is 2.65. The van der Waals surface area contributed by atoms with Crippen LogP contribution in [0, 0.1) is 5.92 Å². The van der Waals surface area contributed by atoms with Gasteiger partial charge in [0, 0.05) is 0 Å². The second-order valence-electron chi connectivity index (χ2n) is 4.97. The molecule has 1 aliphatic carbocycles. The molecular formula is C14H15N3O2. The summed E-state index contributed by atoms with van der Waals surface area (Å²) in [5.41, 5.74) is 2.04. The quantitative estimate of drug-likeness (QED) is 0.891. The summed E-state index contributed by atoms with van der Waals surface area (Å²) in [6.07, 6.45) is 5.63. The third-order valence-electron chi connectivity index (χ3n) is 3.59. The highest BCUT2D eigenvalue weighted by Crippen LogP contribution is 2.44. The van der Waals surface area contributed by atoms with Crippen LogP contribution in [0.1, 0.15) is 30.7 Å². The lowest BCUT2D eigenvalue weighted by Gasteiger charge is -2.14. The van der Waals surface area contributed by atoms with Crippen molar-refractivity contribution >= 4 is 5.97 Å². The zero-order chi connectivity index (χ0) is 13.2. The number of carboxylic acid groups (broad SMARTS) is 1. The van der Waals surface area contributed by atoms with E-state index in [-0.39, 0.29) is 12.3 Å². The molecule has 0 bridgehead atoms. The molecule has 1 aliphatic rings. The molecule has 0 aliphatic heterocycles. The summed E-state index contributed by atoms with van der Waals surface area (Å²) < 4.78 is 1.69. The predicted molar refractivity (Wildman–Crippen MR) is 69.1 cm³/mol. The van der Waals surface area contributed by atoms with Crippen molar-refractivity contribution in [2.75, 3.05) is 0 Å². The molecule has 1 aromatic heterocycles. The van der Waals surface area contributed by atoms with Gasteiger partial charge in [-0.25, -0.2) is 9.67 Å². The van der Waals surface area contributed by atoms with E-state index >= 15 is 0 Å². The van der Waals surface area contributed by atoms with Crippen molar-refractivity contribution in [2.45, 2.75) is 25.2 Å². The molecule has 3 rings (SSSR count). The Hall–Kier alpha value is -2.17. The summed E-state index contributed by atoms with van der Waals surface area (Å²) >= 11 is 0. The lowest BCUT2D eigenvalue weighted by atomic mass is 9.91. The van der Waals surface area contributed by atoms with Crippen molar-refractivity contribution in [1.29, 1.82) is 0 Å². The molecule has 1 N–H and O–H groups in total. The van der Waals surface area contributed by atoms with Gasteiger partial charge >= 0.3 is 5.97 Å². The lowest BCUT2D eigenvalue weighted by molar-refractivity contribution is -0.137. The molecule has 1 saturated carbocycles. The molecule has 1 atom stereocenters. The number of benzene rings is 1. The molecule has 0 radical (unpaired) electrons. The number of rotatable bonds is 5. The van der Waals surface area contributed by atoms with Crippen LogP contribution in [0.15, 0.2) is 36.9 Å². The molecule has 5 nitrogen and oxygen atoms in total. The van der Waals surface area contributed by atoms with Crippen LogP contribution in [0.2, 0.25) is 0 Å². The highest BCUT2D eigenvalue weighted by molar-refractivity contribution is 5.68. The second kappa shape index (κ2) is 4.84. The molecule has 5 heteroatoms. The van der Waals surface area contributed by atoms with Gasteiger partial charge in [-0.2, -0.15) is 5.10 Å². The lowest BCUT2D eigenvalue weighted by Crippen LogP contribution is -2.08. The molecule has 2 aromatic rings. The van der Waals surface area contributed by atoms with Crippen molar-refractivity contribution in [3.05, 3.63) is 42.5 Å². The van der Waals surface area contributed by atoms with Crippen LogP contribution >= 0.6 is 0 Å². The van der Waals surface area contributed by atoms with Crippen LogP contribution < -0.4 is 0 Å². The summed E-state index contributed by atoms with van der Waals surface area (Å²) in [5.74, 6) is -0.0483. The first-order chi connectivity index (χ1) is 9.24. The van der Waals surface area contributed by atoms with E-state index < -0.39 is 5.97 Å². The van der Waals surface area contributed by atoms with Gasteiger partial charge in [-0.15, -0.1) is 0 Å². The Bertz CT molecular complexity index is 559. The summed E-state index contributed by atoms with van der Waals surface area (Å²) in [5, 5.41) is 13.1. The highest BCUT2D eigenvalue weighted by atomic mass is 16.4. The Balaban J connectivity index is 1.82. The maximum Gasteiger partial charge on any atom is 0.303 e. The topological polar surface area (TPSA) is 68.0 Å². The SMILES string of the molecule is O=C(O)CC(c1ccc(-n2cncn2)cc1)C1CC1. The van der Waals surface area contributed by atoms with Crippen molar-refractivity contribution < 1.29 is 9.90 Å². The first-order valence-corrected chi connectivity index (χ1v) is 6.41. The largest absolute Gasteiger partial charge is 0.481 e. The average Bonchev–Trinajstić information content (AvgIpc) is 3.10. The summed E-state index contributed by atoms with van der Waals surface area (Å²) in [6.45, 7) is 0. The van der Waals surface area contributed by atoms with Gasteiger partial charge in [0.15, 0.2) is 0 Å². The van der Waals surface area contributed by atoms with E-state index in [0.29, 0.717) is 5.92 Å². The summed E-state index contributed by atoms with van der Waals surface area (Å²) in [7, 11) is 0. The van der Waals surface area contributed by atoms with E-state index in [2.05, 4.69) is 10.1 Å². The minimum absolute atomic E-state index is 0.141. The summed E-state index contributed by atoms with van der Waals surface area (Å²) in [4.78, 5) is 14.9. The van der Waals surface area contributed by atoms with Crippen molar-refractivity contribution in [1.82, 2.24) is 14.8 Å². The van der Waals surface area contributed by atoms with Crippen LogP contribution in [0.3, 0.4) is 0 Å². The first-order valence-electron chi connectivity index (χ1n) is 6.41. The van der Waals surface area contributed by atoms with E-state index in [1.54, 1.807) is 11.0 Å². The Morgan fingerprint density at radius 2 is 2.11 bits per heavy atom. The molecular weight excluding hydrogens is 242 g/mol. The number of hydrogen-bond donors (Lipinski definition) is 1. The molecule has 1 unspecified atom stereocenters. The number of aliphatic carboxylic acids is 1. The summed E-state index contributed by atoms with van der Waals surface area (Å²) in [6, 6.07) is 7.92. The Kier molecular flexibility index (Phi) is 3.03. The van der Waals surface area contributed by atoms with Gasteiger partial charge in [-0.3, -0.25) is 4.79 Å². The van der Waals surface area contributed by atoms with E-state index in [1.165, 1.54) is 6.33 Å². The molecule has 1 fully saturated rings. The minimum Gasteiger partial charge on any atom is -0.481 e. The molecule has 0 amide bonds. The van der Waals surface area contributed by atoms with Gasteiger partial charge in [-0.1, -0.05) is 12.1 Å². The fraction of sp³-hybridized carbons (Fsp3) is 0.357. The molecule has 1 aromatic carbocycles. The Morgan fingerprint density at radius 3 is 2.63 bits per heavy atom. The standard InChI is InChI=1S/C14H15N3O2/c18-14(19)7-13(10-1-2-10)11-3-5-12(6-4-11)17-9-15-8-16-17/h3-6,8-10,13H,1-2,7H2,(H,18,19). The minimum atomic E-state index is -0.725. The van der Waals surface area contributed by atoms with Gasteiger partial charge in [-0.05, 0) is 42.4 Å². The van der Waals surface area contributed by atoms with E-state index in [0.717, 1.165) is 24.1 Å². The Morgan fingerprint density at radius 1 is 1.37 bits per heavy atom. The van der Waals surface area contributed by atoms with Gasteiger partial charge in [0.2, 0.25) is 0 Å². The molecule has 19 heavy (non-hydrogen) atoms. The van der Waals surface area contributed by atoms with Crippen molar-refractivity contribution in [2.24, 2.45) is 5.92 Å². The van der Waals surface area contributed by atoms with Gasteiger partial charge < -0.3 is 5.11 Å². The first kappa shape index (κ1) is 11.9. The van der Waals surface area contributed by atoms with Crippen molar-refractivity contribution in [3.63, 3.8) is 0 Å². The van der Waals surface area contributed by atoms with Gasteiger partial charge in [0.05, 0.1) is 12.1 Å². The number of carboxylic acids is 1. The molecule has 1 heterocycles. The van der Waals surface area contributed by atoms with Crippen LogP contribution in [0.4, 0.5) is 0 Å². The van der Waals surface area contributed by atoms with E-state index in [1.807, 2.05) is 24.3 Å². The van der Waals surface area contributed by atoms with Crippen molar-refractivity contribution in [3.8, 4) is 5.69 Å². The van der Waals surface area contributed by atoms with Crippen LogP contribution in [0.25, 0.3) is 5.69 Å². The maximum absolute atomic E-state index is 10.9. The fourth-order valence-electron chi connectivity index (χ4n) is 2.46. The predicted octanol–water partition coefficient (Wildman–Crippen LogP) is 2.24. The monoisotopic (exact) mass is 257 g/mol. The normalized spacial score (nSPS) is 16.2. The van der Waals surface area contributed by atoms with Crippen LogP contribution in [-0.2, 0) is 4.79 Å². The second-order valence-corrected chi connectivity index (χ2v) is 4.97. The number of hydrogen-bond acceptors (Lipinski definition) is 3. The number of carbonyl (C=O) groups is 1. The Labute approximate surface area is 110 Å². The van der Waals surface area contributed by atoms with E-state index in [4.69, 9.17) is 5.11 Å². The molecule has 98 valence electrons. The highest BCUT2D eigenvalue weighted by Gasteiger charge is 2.33. The maximum atomic E-state index is 10.9. The fourth-order valence-corrected chi connectivity index (χ4v) is 2.46. The third-order valence-corrected chi connectivity index (χ3v) is 3.59. The van der Waals surface area contributed by atoms with Crippen LogP contribution in [-0.4, -0.2) is 25.8 Å². The smallest absolute Gasteiger partial charge is 0.303 e. The average molecular weight is 257 g/mol. The zero-order valence-corrected chi connectivity index (χ0v) is 10.4.